The van der Waals surface area contributed by atoms with Crippen molar-refractivity contribution in [3.05, 3.63) is 53.6 Å². The smallest absolute Gasteiger partial charge is 0.335 e. The Labute approximate surface area is 226 Å². The molecule has 4 saturated carbocycles. The Morgan fingerprint density at radius 1 is 0.897 bits per heavy atom. The molecule has 4 bridgehead atoms. The number of imide groups is 2. The van der Waals surface area contributed by atoms with Crippen LogP contribution in [-0.2, 0) is 14.4 Å². The number of amides is 4. The highest BCUT2D eigenvalue weighted by atomic mass is 16.6. The number of anilines is 1. The number of carbonyl (C=O) groups excluding carboxylic acids is 4. The maximum absolute atomic E-state index is 13.4. The molecule has 0 unspecified atom stereocenters. The number of urea groups is 1. The van der Waals surface area contributed by atoms with E-state index in [0.717, 1.165) is 24.2 Å². The average molecular weight is 531 g/mol. The summed E-state index contributed by atoms with van der Waals surface area (Å²) in [6, 6.07) is 10.4. The van der Waals surface area contributed by atoms with Gasteiger partial charge in [0.15, 0.2) is 11.5 Å². The molecule has 1 aliphatic heterocycles. The fourth-order valence-electron chi connectivity index (χ4n) is 7.22. The lowest BCUT2D eigenvalue weighted by molar-refractivity contribution is -0.161. The van der Waals surface area contributed by atoms with E-state index in [0.29, 0.717) is 46.3 Å². The topological polar surface area (TPSA) is 111 Å². The van der Waals surface area contributed by atoms with Crippen LogP contribution in [0, 0.1) is 23.2 Å². The third kappa shape index (κ3) is 4.45. The van der Waals surface area contributed by atoms with Crippen LogP contribution in [0.25, 0.3) is 6.08 Å². The van der Waals surface area contributed by atoms with E-state index in [1.165, 1.54) is 39.6 Å². The molecule has 0 atom stereocenters. The van der Waals surface area contributed by atoms with Crippen molar-refractivity contribution in [2.75, 3.05) is 19.1 Å². The monoisotopic (exact) mass is 530 g/mol. The zero-order valence-electron chi connectivity index (χ0n) is 21.9. The van der Waals surface area contributed by atoms with Crippen LogP contribution in [0.1, 0.15) is 44.1 Å². The van der Waals surface area contributed by atoms with E-state index in [9.17, 15) is 19.2 Å². The van der Waals surface area contributed by atoms with Gasteiger partial charge in [-0.3, -0.25) is 19.7 Å². The van der Waals surface area contributed by atoms with Crippen LogP contribution >= 0.6 is 0 Å². The summed E-state index contributed by atoms with van der Waals surface area (Å²) < 4.78 is 16.6. The van der Waals surface area contributed by atoms with Crippen molar-refractivity contribution < 1.29 is 33.4 Å². The molecule has 202 valence electrons. The van der Waals surface area contributed by atoms with Crippen LogP contribution in [0.4, 0.5) is 10.5 Å². The highest BCUT2D eigenvalue weighted by Crippen LogP contribution is 2.60. The maximum atomic E-state index is 13.4. The van der Waals surface area contributed by atoms with Crippen molar-refractivity contribution in [1.82, 2.24) is 5.32 Å². The van der Waals surface area contributed by atoms with E-state index in [2.05, 4.69) is 5.32 Å². The Bertz CT molecular complexity index is 1360. The minimum atomic E-state index is -0.836. The van der Waals surface area contributed by atoms with E-state index in [-0.39, 0.29) is 11.5 Å². The first-order valence-corrected chi connectivity index (χ1v) is 13.2. The molecule has 9 nitrogen and oxygen atoms in total. The molecular weight excluding hydrogens is 500 g/mol. The van der Waals surface area contributed by atoms with Crippen molar-refractivity contribution in [2.24, 2.45) is 23.2 Å². The minimum absolute atomic E-state index is 0.193. The SMILES string of the molecule is COc1ccc(N2C(=O)NC(=O)C(=Cc3ccc(OC(=O)C45CC6CC(CC(C6)C4)C5)c(OC)c3)C2=O)cc1. The molecule has 9 heteroatoms. The summed E-state index contributed by atoms with van der Waals surface area (Å²) in [4.78, 5) is 52.6. The number of nitrogens with one attached hydrogen (secondary N) is 1. The number of benzene rings is 2. The summed E-state index contributed by atoms with van der Waals surface area (Å²) in [5.41, 5.74) is 0.140. The van der Waals surface area contributed by atoms with Crippen LogP contribution in [0.2, 0.25) is 0 Å². The van der Waals surface area contributed by atoms with Crippen molar-refractivity contribution in [1.29, 1.82) is 0 Å². The second-order valence-corrected chi connectivity index (χ2v) is 11.2. The first kappa shape index (κ1) is 25.2. The molecule has 2 aromatic rings. The number of carbonyl (C=O) groups is 4. The standard InChI is InChI=1S/C30H30N2O7/c1-37-22-6-4-21(5-7-22)32-27(34)23(26(33)31-29(32)36)12-17-3-8-24(25(13-17)38-2)39-28(35)30-14-18-9-19(15-30)11-20(10-18)16-30/h3-8,12-13,18-20H,9-11,14-16H2,1-2H3,(H,31,33,36). The second kappa shape index (κ2) is 9.55. The van der Waals surface area contributed by atoms with Gasteiger partial charge < -0.3 is 14.2 Å². The van der Waals surface area contributed by atoms with Gasteiger partial charge in [0, 0.05) is 0 Å². The molecule has 7 rings (SSSR count). The van der Waals surface area contributed by atoms with Gasteiger partial charge in [0.05, 0.1) is 25.3 Å². The zero-order chi connectivity index (χ0) is 27.3. The first-order chi connectivity index (χ1) is 18.8. The predicted molar refractivity (Wildman–Crippen MR) is 141 cm³/mol. The molecular formula is C30H30N2O7. The Balaban J connectivity index is 1.24. The highest BCUT2D eigenvalue weighted by molar-refractivity contribution is 6.39. The fourth-order valence-corrected chi connectivity index (χ4v) is 7.22. The molecule has 1 saturated heterocycles. The van der Waals surface area contributed by atoms with E-state index in [1.807, 2.05) is 0 Å². The number of hydrogen-bond donors (Lipinski definition) is 1. The van der Waals surface area contributed by atoms with Crippen molar-refractivity contribution >= 4 is 35.6 Å². The summed E-state index contributed by atoms with van der Waals surface area (Å²) in [7, 11) is 2.98. The number of hydrogen-bond acceptors (Lipinski definition) is 7. The lowest BCUT2D eigenvalue weighted by Crippen LogP contribution is -2.54. The average Bonchev–Trinajstić information content (AvgIpc) is 2.91. The van der Waals surface area contributed by atoms with Crippen LogP contribution in [0.5, 0.6) is 17.2 Å². The molecule has 39 heavy (non-hydrogen) atoms. The van der Waals surface area contributed by atoms with E-state index < -0.39 is 23.3 Å². The third-order valence-electron chi connectivity index (χ3n) is 8.60. The van der Waals surface area contributed by atoms with Gasteiger partial charge >= 0.3 is 12.0 Å². The van der Waals surface area contributed by atoms with Gasteiger partial charge in [-0.15, -0.1) is 0 Å². The van der Waals surface area contributed by atoms with Gasteiger partial charge in [0.25, 0.3) is 11.8 Å². The van der Waals surface area contributed by atoms with Gasteiger partial charge in [0.2, 0.25) is 0 Å². The van der Waals surface area contributed by atoms with Gasteiger partial charge in [-0.05, 0) is 104 Å². The predicted octanol–water partition coefficient (Wildman–Crippen LogP) is 4.49. The first-order valence-electron chi connectivity index (χ1n) is 13.2. The molecule has 5 aliphatic rings. The quantitative estimate of drug-likeness (QED) is 0.254. The number of barbiturate groups is 1. The summed E-state index contributed by atoms with van der Waals surface area (Å²) in [5, 5.41) is 2.21. The van der Waals surface area contributed by atoms with E-state index in [1.54, 1.807) is 42.5 Å². The fraction of sp³-hybridized carbons (Fsp3) is 0.400. The van der Waals surface area contributed by atoms with Crippen molar-refractivity contribution in [2.45, 2.75) is 38.5 Å². The molecule has 0 aromatic heterocycles. The van der Waals surface area contributed by atoms with E-state index >= 15 is 0 Å². The maximum Gasteiger partial charge on any atom is 0.335 e. The number of rotatable bonds is 6. The van der Waals surface area contributed by atoms with Crippen molar-refractivity contribution in [3.8, 4) is 17.2 Å². The lowest BCUT2D eigenvalue weighted by atomic mass is 9.49. The summed E-state index contributed by atoms with van der Waals surface area (Å²) in [6.07, 6.45) is 7.75. The molecule has 2 aromatic carbocycles. The molecule has 0 radical (unpaired) electrons. The second-order valence-electron chi connectivity index (χ2n) is 11.2. The molecule has 1 N–H and O–H groups in total. The van der Waals surface area contributed by atoms with Crippen LogP contribution in [-0.4, -0.2) is 38.0 Å². The molecule has 5 fully saturated rings. The van der Waals surface area contributed by atoms with Gasteiger partial charge in [0.1, 0.15) is 11.3 Å². The van der Waals surface area contributed by atoms with E-state index in [4.69, 9.17) is 14.2 Å². The highest BCUT2D eigenvalue weighted by Gasteiger charge is 2.55. The molecule has 4 aliphatic carbocycles. The summed E-state index contributed by atoms with van der Waals surface area (Å²) in [6.45, 7) is 0. The van der Waals surface area contributed by atoms with Crippen LogP contribution in [0.3, 0.4) is 0 Å². The lowest BCUT2D eigenvalue weighted by Gasteiger charge is -2.55. The number of esters is 1. The van der Waals surface area contributed by atoms with Crippen LogP contribution < -0.4 is 24.4 Å². The Hall–Kier alpha value is -4.14. The minimum Gasteiger partial charge on any atom is -0.497 e. The Morgan fingerprint density at radius 2 is 1.54 bits per heavy atom. The normalized spacial score (nSPS) is 28.5. The Kier molecular flexibility index (Phi) is 6.16. The van der Waals surface area contributed by atoms with Gasteiger partial charge in [-0.2, -0.15) is 0 Å². The van der Waals surface area contributed by atoms with Gasteiger partial charge in [-0.25, -0.2) is 9.69 Å². The van der Waals surface area contributed by atoms with Crippen LogP contribution in [0.15, 0.2) is 48.0 Å². The molecule has 4 amide bonds. The Morgan fingerprint density at radius 3 is 2.13 bits per heavy atom. The number of methoxy groups -OCH3 is 2. The van der Waals surface area contributed by atoms with Crippen molar-refractivity contribution in [3.63, 3.8) is 0 Å². The van der Waals surface area contributed by atoms with Gasteiger partial charge in [-0.1, -0.05) is 6.07 Å². The third-order valence-corrected chi connectivity index (χ3v) is 8.60. The number of ether oxygens (including phenoxy) is 3. The summed E-state index contributed by atoms with van der Waals surface area (Å²) >= 11 is 0. The number of nitrogens with zero attached hydrogens (tertiary/aromatic N) is 1. The largest absolute Gasteiger partial charge is 0.497 e. The molecule has 0 spiro atoms. The summed E-state index contributed by atoms with van der Waals surface area (Å²) in [5.74, 6) is 1.27. The molecule has 1 heterocycles. The zero-order valence-corrected chi connectivity index (χ0v) is 21.9.